The van der Waals surface area contributed by atoms with Gasteiger partial charge in [0, 0.05) is 5.41 Å². The van der Waals surface area contributed by atoms with E-state index >= 15 is 0 Å². The number of nitrogens with zero attached hydrogens (tertiary/aromatic N) is 1. The smallest absolute Gasteiger partial charge is 0.350 e. The van der Waals surface area contributed by atoms with Gasteiger partial charge in [-0.05, 0) is 50.0 Å². The zero-order chi connectivity index (χ0) is 17.6. The van der Waals surface area contributed by atoms with Crippen LogP contribution >= 0.6 is 0 Å². The van der Waals surface area contributed by atoms with Gasteiger partial charge in [-0.25, -0.2) is 0 Å². The molecule has 1 amide bonds. The third kappa shape index (κ3) is 2.71. The predicted molar refractivity (Wildman–Crippen MR) is 83.1 cm³/mol. The Kier molecular flexibility index (Phi) is 4.16. The molecule has 0 spiro atoms. The first-order chi connectivity index (χ1) is 11.2. The van der Waals surface area contributed by atoms with Crippen molar-refractivity contribution in [3.05, 3.63) is 17.5 Å². The number of hydrogen-bond donors (Lipinski definition) is 2. The van der Waals surface area contributed by atoms with E-state index in [0.717, 1.165) is 11.3 Å². The average molecular weight is 343 g/mol. The van der Waals surface area contributed by atoms with Gasteiger partial charge in [0.15, 0.2) is 0 Å². The van der Waals surface area contributed by atoms with E-state index in [0.29, 0.717) is 31.7 Å². The zero-order valence-corrected chi connectivity index (χ0v) is 14.1. The van der Waals surface area contributed by atoms with Crippen LogP contribution in [-0.4, -0.2) is 22.3 Å². The van der Waals surface area contributed by atoms with Gasteiger partial charge in [-0.15, -0.1) is 0 Å². The largest absolute Gasteiger partial charge is 0.394 e. The van der Waals surface area contributed by atoms with Gasteiger partial charge >= 0.3 is 6.18 Å². The summed E-state index contributed by atoms with van der Waals surface area (Å²) in [5, 5.41) is 9.84. The van der Waals surface area contributed by atoms with Gasteiger partial charge in [-0.2, -0.15) is 18.3 Å². The second-order valence-electron chi connectivity index (χ2n) is 7.70. The molecule has 7 heteroatoms. The molecule has 0 aromatic carbocycles. The number of nitrogens with one attached hydrogen (secondary N) is 2. The number of halogens is 3. The van der Waals surface area contributed by atoms with E-state index in [2.05, 4.69) is 15.5 Å². The van der Waals surface area contributed by atoms with Crippen molar-refractivity contribution in [2.45, 2.75) is 71.0 Å². The normalized spacial score (nSPS) is 29.9. The standard InChI is InChI=1S/C17H24F3N3O/c1-11(2)12-9-22-23-13(12)10-21-14(24)15-3-6-16(7-4-15,8-5-15)17(18,19)20/h9,11H,3-8,10H2,1-2H3,(H,21,24)(H,22,23). The topological polar surface area (TPSA) is 57.8 Å². The summed E-state index contributed by atoms with van der Waals surface area (Å²) < 4.78 is 39.9. The molecule has 134 valence electrons. The maximum Gasteiger partial charge on any atom is 0.394 e. The Morgan fingerprint density at radius 3 is 2.33 bits per heavy atom. The molecule has 0 aliphatic heterocycles. The van der Waals surface area contributed by atoms with Crippen molar-refractivity contribution in [3.63, 3.8) is 0 Å². The molecule has 0 saturated heterocycles. The minimum atomic E-state index is -4.15. The van der Waals surface area contributed by atoms with Crippen LogP contribution in [0.5, 0.6) is 0 Å². The first-order valence-electron chi connectivity index (χ1n) is 8.56. The highest BCUT2D eigenvalue weighted by molar-refractivity contribution is 5.83. The number of carbonyl (C=O) groups is 1. The lowest BCUT2D eigenvalue weighted by Gasteiger charge is -2.52. The number of amides is 1. The maximum absolute atomic E-state index is 13.3. The molecular formula is C17H24F3N3O. The third-order valence-electron chi connectivity index (χ3n) is 6.13. The highest BCUT2D eigenvalue weighted by atomic mass is 19.4. The Bertz CT molecular complexity index is 596. The lowest BCUT2D eigenvalue weighted by atomic mass is 9.53. The molecule has 1 aromatic heterocycles. The first kappa shape index (κ1) is 17.3. The maximum atomic E-state index is 13.3. The number of aromatic amines is 1. The molecule has 4 nitrogen and oxygen atoms in total. The quantitative estimate of drug-likeness (QED) is 0.866. The minimum Gasteiger partial charge on any atom is -0.350 e. The minimum absolute atomic E-state index is 0.0746. The number of alkyl halides is 3. The Morgan fingerprint density at radius 2 is 1.83 bits per heavy atom. The molecule has 1 heterocycles. The molecule has 0 unspecified atom stereocenters. The SMILES string of the molecule is CC(C)c1cn[nH]c1CNC(=O)C12CCC(C(F)(F)F)(CC1)CC2. The number of aromatic nitrogens is 2. The fraction of sp³-hybridized carbons (Fsp3) is 0.765. The van der Waals surface area contributed by atoms with Gasteiger partial charge in [-0.1, -0.05) is 13.8 Å². The summed E-state index contributed by atoms with van der Waals surface area (Å²) in [4.78, 5) is 12.7. The lowest BCUT2D eigenvalue weighted by Crippen LogP contribution is -2.54. The fourth-order valence-electron chi connectivity index (χ4n) is 4.27. The number of H-pyrrole nitrogens is 1. The summed E-state index contributed by atoms with van der Waals surface area (Å²) in [6, 6.07) is 0. The Hall–Kier alpha value is -1.53. The van der Waals surface area contributed by atoms with Gasteiger partial charge in [0.2, 0.25) is 5.91 Å². The van der Waals surface area contributed by atoms with Crippen LogP contribution in [0.3, 0.4) is 0 Å². The predicted octanol–water partition coefficient (Wildman–Crippen LogP) is 4.05. The van der Waals surface area contributed by atoms with Crippen molar-refractivity contribution in [1.29, 1.82) is 0 Å². The second kappa shape index (κ2) is 5.77. The average Bonchev–Trinajstić information content (AvgIpc) is 3.02. The molecular weight excluding hydrogens is 319 g/mol. The van der Waals surface area contributed by atoms with E-state index in [4.69, 9.17) is 0 Å². The van der Waals surface area contributed by atoms with Gasteiger partial charge < -0.3 is 5.32 Å². The Balaban J connectivity index is 1.64. The summed E-state index contributed by atoms with van der Waals surface area (Å²) >= 11 is 0. The summed E-state index contributed by atoms with van der Waals surface area (Å²) in [6.07, 6.45) is -1.18. The molecule has 2 N–H and O–H groups in total. The van der Waals surface area contributed by atoms with E-state index in [1.807, 2.05) is 13.8 Å². The number of fused-ring (bicyclic) bond motifs is 3. The van der Waals surface area contributed by atoms with Gasteiger partial charge in [-0.3, -0.25) is 9.89 Å². The molecule has 0 radical (unpaired) electrons. The number of rotatable bonds is 4. The second-order valence-corrected chi connectivity index (χ2v) is 7.70. The zero-order valence-electron chi connectivity index (χ0n) is 14.1. The van der Waals surface area contributed by atoms with Crippen molar-refractivity contribution in [1.82, 2.24) is 15.5 Å². The molecule has 3 fully saturated rings. The summed E-state index contributed by atoms with van der Waals surface area (Å²) in [5.41, 5.74) is -0.254. The fourth-order valence-corrected chi connectivity index (χ4v) is 4.27. The third-order valence-corrected chi connectivity index (χ3v) is 6.13. The van der Waals surface area contributed by atoms with Crippen molar-refractivity contribution in [2.75, 3.05) is 0 Å². The Labute approximate surface area is 139 Å². The van der Waals surface area contributed by atoms with E-state index in [9.17, 15) is 18.0 Å². The molecule has 3 saturated carbocycles. The highest BCUT2D eigenvalue weighted by Gasteiger charge is 2.62. The summed E-state index contributed by atoms with van der Waals surface area (Å²) in [5.74, 6) is 0.188. The van der Waals surface area contributed by atoms with Gasteiger partial charge in [0.05, 0.1) is 23.9 Å². The van der Waals surface area contributed by atoms with Crippen LogP contribution in [0.2, 0.25) is 0 Å². The van der Waals surface area contributed by atoms with Gasteiger partial charge in [0.25, 0.3) is 0 Å². The van der Waals surface area contributed by atoms with Gasteiger partial charge in [0.1, 0.15) is 0 Å². The summed E-state index contributed by atoms with van der Waals surface area (Å²) in [7, 11) is 0. The van der Waals surface area contributed by atoms with Crippen molar-refractivity contribution in [2.24, 2.45) is 10.8 Å². The van der Waals surface area contributed by atoms with Crippen LogP contribution < -0.4 is 5.32 Å². The van der Waals surface area contributed by atoms with Crippen LogP contribution in [0.25, 0.3) is 0 Å². The van der Waals surface area contributed by atoms with E-state index in [-0.39, 0.29) is 25.2 Å². The molecule has 3 aliphatic carbocycles. The first-order valence-corrected chi connectivity index (χ1v) is 8.56. The number of hydrogen-bond acceptors (Lipinski definition) is 2. The van der Waals surface area contributed by atoms with Crippen molar-refractivity contribution in [3.8, 4) is 0 Å². The molecule has 0 atom stereocenters. The number of carbonyl (C=O) groups excluding carboxylic acids is 1. The molecule has 2 bridgehead atoms. The van der Waals surface area contributed by atoms with E-state index in [1.54, 1.807) is 6.20 Å². The monoisotopic (exact) mass is 343 g/mol. The molecule has 24 heavy (non-hydrogen) atoms. The summed E-state index contributed by atoms with van der Waals surface area (Å²) in [6.45, 7) is 4.44. The van der Waals surface area contributed by atoms with E-state index in [1.165, 1.54) is 0 Å². The Morgan fingerprint density at radius 1 is 1.25 bits per heavy atom. The molecule has 3 aliphatic rings. The highest BCUT2D eigenvalue weighted by Crippen LogP contribution is 2.62. The van der Waals surface area contributed by atoms with E-state index < -0.39 is 17.0 Å². The van der Waals surface area contributed by atoms with Crippen LogP contribution in [0.15, 0.2) is 6.20 Å². The lowest BCUT2D eigenvalue weighted by molar-refractivity contribution is -0.258. The van der Waals surface area contributed by atoms with Crippen LogP contribution in [0, 0.1) is 10.8 Å². The van der Waals surface area contributed by atoms with Crippen LogP contribution in [-0.2, 0) is 11.3 Å². The van der Waals surface area contributed by atoms with Crippen molar-refractivity contribution >= 4 is 5.91 Å². The van der Waals surface area contributed by atoms with Crippen LogP contribution in [0.4, 0.5) is 13.2 Å². The van der Waals surface area contributed by atoms with Crippen molar-refractivity contribution < 1.29 is 18.0 Å². The molecule has 1 aromatic rings. The molecule has 4 rings (SSSR count). The van der Waals surface area contributed by atoms with Crippen LogP contribution in [0.1, 0.15) is 69.5 Å².